The van der Waals surface area contributed by atoms with E-state index in [0.717, 1.165) is 10.5 Å². The van der Waals surface area contributed by atoms with Crippen LogP contribution < -0.4 is 10.1 Å². The number of nitrogens with one attached hydrogen (secondary N) is 1. The molecule has 1 amide bonds. The number of carbonyl (C=O) groups is 1. The summed E-state index contributed by atoms with van der Waals surface area (Å²) in [5.74, 6) is 0.407. The highest BCUT2D eigenvalue weighted by atomic mass is 35.5. The van der Waals surface area contributed by atoms with E-state index < -0.39 is 0 Å². The van der Waals surface area contributed by atoms with Gasteiger partial charge in [-0.15, -0.1) is 11.8 Å². The predicted molar refractivity (Wildman–Crippen MR) is 87.4 cm³/mol. The normalized spacial score (nSPS) is 10.2. The van der Waals surface area contributed by atoms with E-state index >= 15 is 0 Å². The van der Waals surface area contributed by atoms with Crippen LogP contribution in [0.15, 0.2) is 47.4 Å². The summed E-state index contributed by atoms with van der Waals surface area (Å²) in [7, 11) is 1.56. The third-order valence-corrected chi connectivity index (χ3v) is 3.96. The number of halogens is 1. The molecule has 110 valence electrons. The number of thioether (sulfide) groups is 1. The zero-order valence-corrected chi connectivity index (χ0v) is 13.4. The Labute approximate surface area is 133 Å². The molecule has 0 atom stereocenters. The molecule has 21 heavy (non-hydrogen) atoms. The van der Waals surface area contributed by atoms with Gasteiger partial charge in [0.1, 0.15) is 5.75 Å². The first-order chi connectivity index (χ1) is 10.1. The van der Waals surface area contributed by atoms with Crippen molar-refractivity contribution in [1.29, 1.82) is 0 Å². The summed E-state index contributed by atoms with van der Waals surface area (Å²) < 4.78 is 5.28. The van der Waals surface area contributed by atoms with E-state index in [0.29, 0.717) is 22.9 Å². The predicted octanol–water partition coefficient (Wildman–Crippen LogP) is 4.00. The van der Waals surface area contributed by atoms with Gasteiger partial charge in [-0.3, -0.25) is 4.79 Å². The summed E-state index contributed by atoms with van der Waals surface area (Å²) in [5, 5.41) is 3.53. The molecule has 2 rings (SSSR count). The molecule has 0 aliphatic rings. The number of hydrogen-bond acceptors (Lipinski definition) is 3. The Balaban J connectivity index is 2.10. The molecule has 0 fully saturated rings. The van der Waals surface area contributed by atoms with Crippen LogP contribution in [0.2, 0.25) is 5.02 Å². The first kappa shape index (κ1) is 15.7. The van der Waals surface area contributed by atoms with E-state index in [1.54, 1.807) is 31.0 Å². The average molecular weight is 322 g/mol. The van der Waals surface area contributed by atoms with Crippen LogP contribution in [0.25, 0.3) is 0 Å². The van der Waals surface area contributed by atoms with Crippen LogP contribution in [0.1, 0.15) is 15.9 Å². The minimum atomic E-state index is -0.167. The highest BCUT2D eigenvalue weighted by Gasteiger charge is 2.12. The standard InChI is InChI=1S/C16H16ClNO2S/c1-20-15-9-13(21-2)6-7-14(15)16(19)18-10-11-4-3-5-12(17)8-11/h3-9H,10H2,1-2H3,(H,18,19). The highest BCUT2D eigenvalue weighted by molar-refractivity contribution is 7.98. The maximum atomic E-state index is 12.3. The molecule has 0 heterocycles. The molecular weight excluding hydrogens is 306 g/mol. The van der Waals surface area contributed by atoms with Crippen molar-refractivity contribution in [3.63, 3.8) is 0 Å². The highest BCUT2D eigenvalue weighted by Crippen LogP contribution is 2.25. The fourth-order valence-electron chi connectivity index (χ4n) is 1.91. The zero-order valence-electron chi connectivity index (χ0n) is 11.9. The Hall–Kier alpha value is -1.65. The van der Waals surface area contributed by atoms with Gasteiger partial charge in [0.05, 0.1) is 12.7 Å². The number of hydrogen-bond donors (Lipinski definition) is 1. The number of rotatable bonds is 5. The number of methoxy groups -OCH3 is 1. The summed E-state index contributed by atoms with van der Waals surface area (Å²) in [4.78, 5) is 13.3. The second-order valence-electron chi connectivity index (χ2n) is 4.38. The molecule has 0 aliphatic heterocycles. The van der Waals surface area contributed by atoms with E-state index in [1.807, 2.05) is 36.6 Å². The number of ether oxygens (including phenoxy) is 1. The number of amides is 1. The monoisotopic (exact) mass is 321 g/mol. The quantitative estimate of drug-likeness (QED) is 0.846. The van der Waals surface area contributed by atoms with Crippen molar-refractivity contribution in [3.05, 3.63) is 58.6 Å². The van der Waals surface area contributed by atoms with Crippen LogP contribution in [-0.4, -0.2) is 19.3 Å². The van der Waals surface area contributed by atoms with Gasteiger partial charge in [-0.25, -0.2) is 0 Å². The summed E-state index contributed by atoms with van der Waals surface area (Å²) in [6, 6.07) is 12.9. The lowest BCUT2D eigenvalue weighted by molar-refractivity contribution is 0.0948. The minimum absolute atomic E-state index is 0.167. The van der Waals surface area contributed by atoms with Gasteiger partial charge in [-0.2, -0.15) is 0 Å². The summed E-state index contributed by atoms with van der Waals surface area (Å²) >= 11 is 7.53. The molecule has 1 N–H and O–H groups in total. The van der Waals surface area contributed by atoms with E-state index in [4.69, 9.17) is 16.3 Å². The second-order valence-corrected chi connectivity index (χ2v) is 5.69. The van der Waals surface area contributed by atoms with E-state index in [9.17, 15) is 4.79 Å². The van der Waals surface area contributed by atoms with Crippen LogP contribution in [0.4, 0.5) is 0 Å². The third-order valence-electron chi connectivity index (χ3n) is 3.00. The minimum Gasteiger partial charge on any atom is -0.496 e. The van der Waals surface area contributed by atoms with Gasteiger partial charge in [0.25, 0.3) is 5.91 Å². The van der Waals surface area contributed by atoms with E-state index in [2.05, 4.69) is 5.32 Å². The molecule has 3 nitrogen and oxygen atoms in total. The van der Waals surface area contributed by atoms with Gasteiger partial charge in [0, 0.05) is 16.5 Å². The zero-order chi connectivity index (χ0) is 15.2. The summed E-state index contributed by atoms with van der Waals surface area (Å²) in [5.41, 5.74) is 1.48. The van der Waals surface area contributed by atoms with Gasteiger partial charge in [-0.05, 0) is 42.2 Å². The van der Waals surface area contributed by atoms with Crippen molar-refractivity contribution in [2.24, 2.45) is 0 Å². The molecule has 0 radical (unpaired) electrons. The Bertz CT molecular complexity index is 646. The Morgan fingerprint density at radius 1 is 1.29 bits per heavy atom. The molecule has 0 bridgehead atoms. The fraction of sp³-hybridized carbons (Fsp3) is 0.188. The van der Waals surface area contributed by atoms with Crippen LogP contribution in [-0.2, 0) is 6.54 Å². The molecule has 0 unspecified atom stereocenters. The smallest absolute Gasteiger partial charge is 0.255 e. The molecule has 2 aromatic rings. The molecule has 0 aromatic heterocycles. The van der Waals surface area contributed by atoms with Gasteiger partial charge >= 0.3 is 0 Å². The number of benzene rings is 2. The number of carbonyl (C=O) groups excluding carboxylic acids is 1. The largest absolute Gasteiger partial charge is 0.496 e. The SMILES string of the molecule is COc1cc(SC)ccc1C(=O)NCc1cccc(Cl)c1. The molecule has 2 aromatic carbocycles. The van der Waals surface area contributed by atoms with Gasteiger partial charge < -0.3 is 10.1 Å². The van der Waals surface area contributed by atoms with Crippen molar-refractivity contribution in [3.8, 4) is 5.75 Å². The topological polar surface area (TPSA) is 38.3 Å². The van der Waals surface area contributed by atoms with Crippen molar-refractivity contribution in [2.45, 2.75) is 11.4 Å². The molecule has 0 aliphatic carbocycles. The van der Waals surface area contributed by atoms with Crippen LogP contribution in [0.3, 0.4) is 0 Å². The van der Waals surface area contributed by atoms with Crippen LogP contribution >= 0.6 is 23.4 Å². The maximum Gasteiger partial charge on any atom is 0.255 e. The molecule has 0 saturated carbocycles. The fourth-order valence-corrected chi connectivity index (χ4v) is 2.55. The lowest BCUT2D eigenvalue weighted by atomic mass is 10.1. The van der Waals surface area contributed by atoms with Crippen molar-refractivity contribution in [2.75, 3.05) is 13.4 Å². The Kier molecular flexibility index (Phi) is 5.53. The molecule has 5 heteroatoms. The van der Waals surface area contributed by atoms with E-state index in [-0.39, 0.29) is 5.91 Å². The lowest BCUT2D eigenvalue weighted by Crippen LogP contribution is -2.23. The third kappa shape index (κ3) is 4.16. The van der Waals surface area contributed by atoms with Crippen LogP contribution in [0.5, 0.6) is 5.75 Å². The molecule has 0 spiro atoms. The van der Waals surface area contributed by atoms with Gasteiger partial charge in [0.2, 0.25) is 0 Å². The first-order valence-electron chi connectivity index (χ1n) is 6.38. The Morgan fingerprint density at radius 3 is 2.76 bits per heavy atom. The molecule has 0 saturated heterocycles. The van der Waals surface area contributed by atoms with Crippen LogP contribution in [0, 0.1) is 0 Å². The first-order valence-corrected chi connectivity index (χ1v) is 7.99. The van der Waals surface area contributed by atoms with Gasteiger partial charge in [-0.1, -0.05) is 23.7 Å². The van der Waals surface area contributed by atoms with E-state index in [1.165, 1.54) is 0 Å². The van der Waals surface area contributed by atoms with Crippen molar-refractivity contribution in [1.82, 2.24) is 5.32 Å². The summed E-state index contributed by atoms with van der Waals surface area (Å²) in [6.45, 7) is 0.423. The van der Waals surface area contributed by atoms with Gasteiger partial charge in [0.15, 0.2) is 0 Å². The van der Waals surface area contributed by atoms with Crippen molar-refractivity contribution >= 4 is 29.3 Å². The summed E-state index contributed by atoms with van der Waals surface area (Å²) in [6.07, 6.45) is 1.98. The average Bonchev–Trinajstić information content (AvgIpc) is 2.52. The molecular formula is C16H16ClNO2S. The van der Waals surface area contributed by atoms with Crippen molar-refractivity contribution < 1.29 is 9.53 Å². The second kappa shape index (κ2) is 7.38. The Morgan fingerprint density at radius 2 is 2.10 bits per heavy atom. The lowest BCUT2D eigenvalue weighted by Gasteiger charge is -2.10. The maximum absolute atomic E-state index is 12.3.